The number of amides is 1. The minimum atomic E-state index is -0.133. The van der Waals surface area contributed by atoms with Crippen LogP contribution in [0.25, 0.3) is 0 Å². The first-order valence-electron chi connectivity index (χ1n) is 6.68. The van der Waals surface area contributed by atoms with Crippen molar-refractivity contribution >= 4 is 5.91 Å². The molecule has 0 aliphatic heterocycles. The van der Waals surface area contributed by atoms with E-state index in [1.165, 1.54) is 7.11 Å². The Balaban J connectivity index is 2.20. The molecule has 21 heavy (non-hydrogen) atoms. The number of hydrogen-bond donors (Lipinski definition) is 1. The number of benzene rings is 1. The minimum Gasteiger partial charge on any atom is -0.480 e. The van der Waals surface area contributed by atoms with Gasteiger partial charge < -0.3 is 15.4 Å². The Hall–Kier alpha value is -2.40. The van der Waals surface area contributed by atoms with Crippen LogP contribution in [0, 0.1) is 0 Å². The summed E-state index contributed by atoms with van der Waals surface area (Å²) in [6.07, 6.45) is 1.60. The molecular weight excluding hydrogens is 266 g/mol. The Bertz CT molecular complexity index is 628. The van der Waals surface area contributed by atoms with Crippen molar-refractivity contribution in [3.05, 3.63) is 59.3 Å². The zero-order valence-corrected chi connectivity index (χ0v) is 12.2. The van der Waals surface area contributed by atoms with Gasteiger partial charge in [-0.25, -0.2) is 4.98 Å². The molecule has 0 saturated carbocycles. The Labute approximate surface area is 124 Å². The Morgan fingerprint density at radius 1 is 1.24 bits per heavy atom. The lowest BCUT2D eigenvalue weighted by Crippen LogP contribution is -2.27. The predicted octanol–water partition coefficient (Wildman–Crippen LogP) is 1.82. The standard InChI is InChI=1S/C16H19N3O2/c1-19(11-13-7-4-3-6-12(13)10-17)16(20)14-8-5-9-18-15(14)21-2/h3-9H,10-11,17H2,1-2H3. The molecule has 0 saturated heterocycles. The Morgan fingerprint density at radius 2 is 1.95 bits per heavy atom. The van der Waals surface area contributed by atoms with Crippen molar-refractivity contribution in [2.24, 2.45) is 5.73 Å². The molecule has 1 aromatic carbocycles. The second kappa shape index (κ2) is 6.85. The number of carbonyl (C=O) groups is 1. The van der Waals surface area contributed by atoms with Crippen molar-refractivity contribution < 1.29 is 9.53 Å². The summed E-state index contributed by atoms with van der Waals surface area (Å²) in [5, 5.41) is 0. The fourth-order valence-electron chi connectivity index (χ4n) is 2.16. The molecule has 0 atom stereocenters. The number of aromatic nitrogens is 1. The van der Waals surface area contributed by atoms with Crippen LogP contribution in [-0.4, -0.2) is 29.9 Å². The largest absolute Gasteiger partial charge is 0.480 e. The molecule has 0 bridgehead atoms. The third-order valence-corrected chi connectivity index (χ3v) is 3.29. The summed E-state index contributed by atoms with van der Waals surface area (Å²) >= 11 is 0. The molecule has 2 N–H and O–H groups in total. The van der Waals surface area contributed by atoms with Crippen LogP contribution in [0.3, 0.4) is 0 Å². The fraction of sp³-hybridized carbons (Fsp3) is 0.250. The minimum absolute atomic E-state index is 0.133. The third-order valence-electron chi connectivity index (χ3n) is 3.29. The Morgan fingerprint density at radius 3 is 2.62 bits per heavy atom. The predicted molar refractivity (Wildman–Crippen MR) is 80.9 cm³/mol. The molecule has 1 amide bonds. The van der Waals surface area contributed by atoms with Crippen molar-refractivity contribution in [1.82, 2.24) is 9.88 Å². The zero-order valence-electron chi connectivity index (χ0n) is 12.2. The summed E-state index contributed by atoms with van der Waals surface area (Å²) in [7, 11) is 3.25. The van der Waals surface area contributed by atoms with E-state index in [1.807, 2.05) is 24.3 Å². The van der Waals surface area contributed by atoms with Gasteiger partial charge in [-0.05, 0) is 23.3 Å². The highest BCUT2D eigenvalue weighted by molar-refractivity contribution is 5.96. The maximum atomic E-state index is 12.5. The topological polar surface area (TPSA) is 68.5 Å². The highest BCUT2D eigenvalue weighted by Gasteiger charge is 2.17. The van der Waals surface area contributed by atoms with E-state index in [9.17, 15) is 4.79 Å². The number of ether oxygens (including phenoxy) is 1. The second-order valence-corrected chi connectivity index (χ2v) is 4.69. The van der Waals surface area contributed by atoms with Gasteiger partial charge in [0.15, 0.2) is 0 Å². The van der Waals surface area contributed by atoms with Gasteiger partial charge in [0.1, 0.15) is 5.56 Å². The number of methoxy groups -OCH3 is 1. The van der Waals surface area contributed by atoms with Crippen molar-refractivity contribution in [3.8, 4) is 5.88 Å². The quantitative estimate of drug-likeness (QED) is 0.910. The molecule has 0 fully saturated rings. The molecule has 0 aliphatic carbocycles. The van der Waals surface area contributed by atoms with Crippen LogP contribution in [0.2, 0.25) is 0 Å². The molecule has 2 rings (SSSR count). The molecular formula is C16H19N3O2. The van der Waals surface area contributed by atoms with Crippen LogP contribution in [0.4, 0.5) is 0 Å². The average molecular weight is 285 g/mol. The lowest BCUT2D eigenvalue weighted by atomic mass is 10.1. The van der Waals surface area contributed by atoms with Gasteiger partial charge in [-0.3, -0.25) is 4.79 Å². The van der Waals surface area contributed by atoms with Crippen molar-refractivity contribution in [2.75, 3.05) is 14.2 Å². The van der Waals surface area contributed by atoms with Gasteiger partial charge in [-0.1, -0.05) is 24.3 Å². The van der Waals surface area contributed by atoms with Crippen LogP contribution < -0.4 is 10.5 Å². The molecule has 0 aliphatic rings. The summed E-state index contributed by atoms with van der Waals surface area (Å²) in [4.78, 5) is 18.2. The molecule has 0 unspecified atom stereocenters. The van der Waals surface area contributed by atoms with Crippen LogP contribution in [-0.2, 0) is 13.1 Å². The van der Waals surface area contributed by atoms with E-state index in [0.717, 1.165) is 11.1 Å². The first-order valence-corrected chi connectivity index (χ1v) is 6.68. The van der Waals surface area contributed by atoms with Crippen LogP contribution in [0.5, 0.6) is 5.88 Å². The number of nitrogens with two attached hydrogens (primary N) is 1. The van der Waals surface area contributed by atoms with Crippen molar-refractivity contribution in [1.29, 1.82) is 0 Å². The number of rotatable bonds is 5. The van der Waals surface area contributed by atoms with Gasteiger partial charge >= 0.3 is 0 Å². The van der Waals surface area contributed by atoms with E-state index in [2.05, 4.69) is 4.98 Å². The maximum absolute atomic E-state index is 12.5. The van der Waals surface area contributed by atoms with Gasteiger partial charge in [-0.15, -0.1) is 0 Å². The molecule has 1 aromatic heterocycles. The van der Waals surface area contributed by atoms with Crippen LogP contribution >= 0.6 is 0 Å². The maximum Gasteiger partial charge on any atom is 0.259 e. The molecule has 0 radical (unpaired) electrons. The van der Waals surface area contributed by atoms with E-state index < -0.39 is 0 Å². The summed E-state index contributed by atoms with van der Waals surface area (Å²) in [6, 6.07) is 11.3. The van der Waals surface area contributed by atoms with E-state index in [4.69, 9.17) is 10.5 Å². The highest BCUT2D eigenvalue weighted by atomic mass is 16.5. The second-order valence-electron chi connectivity index (χ2n) is 4.69. The molecule has 1 heterocycles. The number of hydrogen-bond acceptors (Lipinski definition) is 4. The monoisotopic (exact) mass is 285 g/mol. The molecule has 5 heteroatoms. The van der Waals surface area contributed by atoms with Crippen molar-refractivity contribution in [3.63, 3.8) is 0 Å². The van der Waals surface area contributed by atoms with E-state index in [1.54, 1.807) is 30.3 Å². The van der Waals surface area contributed by atoms with E-state index >= 15 is 0 Å². The number of carbonyl (C=O) groups excluding carboxylic acids is 1. The number of nitrogens with zero attached hydrogens (tertiary/aromatic N) is 2. The lowest BCUT2D eigenvalue weighted by molar-refractivity contribution is 0.0780. The lowest BCUT2D eigenvalue weighted by Gasteiger charge is -2.19. The van der Waals surface area contributed by atoms with Gasteiger partial charge in [0.25, 0.3) is 5.91 Å². The van der Waals surface area contributed by atoms with Gasteiger partial charge in [-0.2, -0.15) is 0 Å². The summed E-state index contributed by atoms with van der Waals surface area (Å²) in [5.74, 6) is 0.202. The third kappa shape index (κ3) is 3.38. The molecule has 0 spiro atoms. The number of pyridine rings is 1. The molecule has 5 nitrogen and oxygen atoms in total. The summed E-state index contributed by atoms with van der Waals surface area (Å²) in [5.41, 5.74) is 8.26. The summed E-state index contributed by atoms with van der Waals surface area (Å²) < 4.78 is 5.13. The fourth-order valence-corrected chi connectivity index (χ4v) is 2.16. The SMILES string of the molecule is COc1ncccc1C(=O)N(C)Cc1ccccc1CN. The highest BCUT2D eigenvalue weighted by Crippen LogP contribution is 2.18. The van der Waals surface area contributed by atoms with Crippen LogP contribution in [0.15, 0.2) is 42.6 Å². The van der Waals surface area contributed by atoms with E-state index in [0.29, 0.717) is 24.5 Å². The summed E-state index contributed by atoms with van der Waals surface area (Å²) in [6.45, 7) is 0.943. The zero-order chi connectivity index (χ0) is 15.2. The Kier molecular flexibility index (Phi) is 4.90. The van der Waals surface area contributed by atoms with E-state index in [-0.39, 0.29) is 5.91 Å². The smallest absolute Gasteiger partial charge is 0.259 e. The normalized spacial score (nSPS) is 10.2. The first kappa shape index (κ1) is 15.0. The van der Waals surface area contributed by atoms with Gasteiger partial charge in [0.2, 0.25) is 5.88 Å². The van der Waals surface area contributed by atoms with Crippen molar-refractivity contribution in [2.45, 2.75) is 13.1 Å². The van der Waals surface area contributed by atoms with Crippen LogP contribution in [0.1, 0.15) is 21.5 Å². The van der Waals surface area contributed by atoms with Gasteiger partial charge in [0, 0.05) is 26.3 Å². The molecule has 2 aromatic rings. The average Bonchev–Trinajstić information content (AvgIpc) is 2.54. The van der Waals surface area contributed by atoms with Gasteiger partial charge in [0.05, 0.1) is 7.11 Å². The first-order chi connectivity index (χ1) is 10.2. The molecule has 110 valence electrons.